The second-order valence-corrected chi connectivity index (χ2v) is 7.45. The minimum atomic E-state index is -0.991. The molecular formula is C26H17F3N4O. The van der Waals surface area contributed by atoms with Crippen LogP contribution >= 0.6 is 0 Å². The lowest BCUT2D eigenvalue weighted by molar-refractivity contribution is 0.387. The Bertz CT molecular complexity index is 1510. The standard InChI is InChI=1S/C26H17F3N4O/c1-34-23-6-2-5-18(24(23)29)15-7-10-22-19(12-15)26(31-17-8-9-20(27)21(28)13-17)33-25(32-22)16-4-3-11-30-14-16/h2-14H,1H3,(H,31,32,33). The molecule has 0 aliphatic rings. The average molecular weight is 458 g/mol. The van der Waals surface area contributed by atoms with Crippen molar-refractivity contribution in [3.8, 4) is 28.3 Å². The molecule has 0 spiro atoms. The summed E-state index contributed by atoms with van der Waals surface area (Å²) in [6, 6.07) is 17.2. The van der Waals surface area contributed by atoms with E-state index >= 15 is 0 Å². The Morgan fingerprint density at radius 3 is 2.47 bits per heavy atom. The van der Waals surface area contributed by atoms with E-state index in [2.05, 4.69) is 20.3 Å². The number of anilines is 2. The predicted molar refractivity (Wildman–Crippen MR) is 124 cm³/mol. The molecule has 8 heteroatoms. The molecule has 0 saturated heterocycles. The quantitative estimate of drug-likeness (QED) is 0.325. The fourth-order valence-electron chi connectivity index (χ4n) is 3.62. The molecule has 34 heavy (non-hydrogen) atoms. The molecule has 168 valence electrons. The molecule has 0 unspecified atom stereocenters. The minimum Gasteiger partial charge on any atom is -0.494 e. The van der Waals surface area contributed by atoms with Gasteiger partial charge in [0, 0.05) is 40.7 Å². The number of nitrogens with zero attached hydrogens (tertiary/aromatic N) is 3. The van der Waals surface area contributed by atoms with Crippen molar-refractivity contribution in [1.29, 1.82) is 0 Å². The summed E-state index contributed by atoms with van der Waals surface area (Å²) in [5.74, 6) is -1.57. The lowest BCUT2D eigenvalue weighted by Gasteiger charge is -2.13. The number of pyridine rings is 1. The second-order valence-electron chi connectivity index (χ2n) is 7.45. The number of halogens is 3. The molecule has 2 heterocycles. The van der Waals surface area contributed by atoms with Crippen LogP contribution in [0.4, 0.5) is 24.7 Å². The molecule has 5 rings (SSSR count). The van der Waals surface area contributed by atoms with Crippen molar-refractivity contribution in [2.24, 2.45) is 0 Å². The van der Waals surface area contributed by atoms with E-state index in [0.29, 0.717) is 44.9 Å². The van der Waals surface area contributed by atoms with Crippen molar-refractivity contribution in [1.82, 2.24) is 15.0 Å². The van der Waals surface area contributed by atoms with Gasteiger partial charge >= 0.3 is 0 Å². The summed E-state index contributed by atoms with van der Waals surface area (Å²) in [6.45, 7) is 0. The minimum absolute atomic E-state index is 0.126. The highest BCUT2D eigenvalue weighted by Gasteiger charge is 2.15. The van der Waals surface area contributed by atoms with Gasteiger partial charge in [-0.05, 0) is 48.0 Å². The highest BCUT2D eigenvalue weighted by molar-refractivity contribution is 5.95. The van der Waals surface area contributed by atoms with Crippen molar-refractivity contribution in [3.05, 3.63) is 96.6 Å². The molecule has 2 aromatic heterocycles. The van der Waals surface area contributed by atoms with Gasteiger partial charge in [0.15, 0.2) is 29.0 Å². The van der Waals surface area contributed by atoms with Crippen molar-refractivity contribution >= 4 is 22.4 Å². The van der Waals surface area contributed by atoms with Crippen LogP contribution in [0.1, 0.15) is 0 Å². The van der Waals surface area contributed by atoms with E-state index < -0.39 is 17.5 Å². The van der Waals surface area contributed by atoms with Crippen LogP contribution in [0.25, 0.3) is 33.4 Å². The van der Waals surface area contributed by atoms with Crippen LogP contribution in [0.3, 0.4) is 0 Å². The first kappa shape index (κ1) is 21.4. The molecule has 0 atom stereocenters. The van der Waals surface area contributed by atoms with E-state index in [1.807, 2.05) is 6.07 Å². The predicted octanol–water partition coefficient (Wildman–Crippen LogP) is 6.53. The monoisotopic (exact) mass is 458 g/mol. The van der Waals surface area contributed by atoms with Crippen LogP contribution < -0.4 is 10.1 Å². The maximum atomic E-state index is 14.9. The van der Waals surface area contributed by atoms with Crippen LogP contribution in [0.15, 0.2) is 79.1 Å². The molecular weight excluding hydrogens is 441 g/mol. The summed E-state index contributed by atoms with van der Waals surface area (Å²) in [4.78, 5) is 13.4. The van der Waals surface area contributed by atoms with Crippen molar-refractivity contribution in [2.45, 2.75) is 0 Å². The Balaban J connectivity index is 1.69. The van der Waals surface area contributed by atoms with E-state index in [-0.39, 0.29) is 5.75 Å². The molecule has 0 aliphatic carbocycles. The first-order valence-corrected chi connectivity index (χ1v) is 10.3. The van der Waals surface area contributed by atoms with Gasteiger partial charge in [0.1, 0.15) is 5.82 Å². The normalized spacial score (nSPS) is 10.9. The third-order valence-electron chi connectivity index (χ3n) is 5.29. The fraction of sp³-hybridized carbons (Fsp3) is 0.0385. The summed E-state index contributed by atoms with van der Waals surface area (Å²) >= 11 is 0. The summed E-state index contributed by atoms with van der Waals surface area (Å²) in [7, 11) is 1.40. The first-order valence-electron chi connectivity index (χ1n) is 10.3. The molecule has 0 aliphatic heterocycles. The number of nitrogens with one attached hydrogen (secondary N) is 1. The molecule has 3 aromatic carbocycles. The topological polar surface area (TPSA) is 59.9 Å². The lowest BCUT2D eigenvalue weighted by Crippen LogP contribution is -2.01. The Kier molecular flexibility index (Phi) is 5.55. The van der Waals surface area contributed by atoms with Gasteiger partial charge in [-0.15, -0.1) is 0 Å². The Morgan fingerprint density at radius 2 is 1.71 bits per heavy atom. The molecule has 5 nitrogen and oxygen atoms in total. The maximum absolute atomic E-state index is 14.9. The summed E-state index contributed by atoms with van der Waals surface area (Å²) in [5, 5.41) is 3.61. The number of benzene rings is 3. The third-order valence-corrected chi connectivity index (χ3v) is 5.29. The number of methoxy groups -OCH3 is 1. The highest BCUT2D eigenvalue weighted by atomic mass is 19.2. The van der Waals surface area contributed by atoms with Gasteiger partial charge in [-0.25, -0.2) is 23.1 Å². The third kappa shape index (κ3) is 4.01. The largest absolute Gasteiger partial charge is 0.494 e. The van der Waals surface area contributed by atoms with Crippen molar-refractivity contribution in [2.75, 3.05) is 12.4 Å². The number of rotatable bonds is 5. The van der Waals surface area contributed by atoms with Crippen LogP contribution in [-0.2, 0) is 0 Å². The number of hydrogen-bond acceptors (Lipinski definition) is 5. The Hall–Kier alpha value is -4.46. The van der Waals surface area contributed by atoms with Gasteiger partial charge in [-0.2, -0.15) is 0 Å². The zero-order valence-electron chi connectivity index (χ0n) is 17.9. The van der Waals surface area contributed by atoms with Crippen LogP contribution in [0, 0.1) is 17.5 Å². The maximum Gasteiger partial charge on any atom is 0.172 e. The fourth-order valence-corrected chi connectivity index (χ4v) is 3.62. The van der Waals surface area contributed by atoms with E-state index in [4.69, 9.17) is 4.74 Å². The van der Waals surface area contributed by atoms with Gasteiger partial charge in [-0.1, -0.05) is 18.2 Å². The van der Waals surface area contributed by atoms with Crippen LogP contribution in [0.5, 0.6) is 5.75 Å². The molecule has 0 saturated carbocycles. The Morgan fingerprint density at radius 1 is 0.824 bits per heavy atom. The molecule has 0 amide bonds. The summed E-state index contributed by atoms with van der Waals surface area (Å²) < 4.78 is 47.3. The van der Waals surface area contributed by atoms with E-state index in [9.17, 15) is 13.2 Å². The van der Waals surface area contributed by atoms with Gasteiger partial charge in [-0.3, -0.25) is 4.98 Å². The van der Waals surface area contributed by atoms with Gasteiger partial charge in [0.05, 0.1) is 12.6 Å². The molecule has 1 N–H and O–H groups in total. The number of ether oxygens (including phenoxy) is 1. The number of fused-ring (bicyclic) bond motifs is 1. The molecule has 0 radical (unpaired) electrons. The smallest absolute Gasteiger partial charge is 0.172 e. The molecule has 5 aromatic rings. The second kappa shape index (κ2) is 8.82. The van der Waals surface area contributed by atoms with E-state index in [1.165, 1.54) is 13.2 Å². The van der Waals surface area contributed by atoms with Gasteiger partial charge in [0.25, 0.3) is 0 Å². The van der Waals surface area contributed by atoms with Crippen molar-refractivity contribution < 1.29 is 17.9 Å². The average Bonchev–Trinajstić information content (AvgIpc) is 2.86. The van der Waals surface area contributed by atoms with Crippen LogP contribution in [0.2, 0.25) is 0 Å². The number of aromatic nitrogens is 3. The number of hydrogen-bond donors (Lipinski definition) is 1. The molecule has 0 fully saturated rings. The zero-order chi connectivity index (χ0) is 23.7. The SMILES string of the molecule is COc1cccc(-c2ccc3nc(-c4cccnc4)nc(Nc4ccc(F)c(F)c4)c3c2)c1F. The summed E-state index contributed by atoms with van der Waals surface area (Å²) in [5.41, 5.74) is 2.48. The van der Waals surface area contributed by atoms with Crippen LogP contribution in [-0.4, -0.2) is 22.1 Å². The highest BCUT2D eigenvalue weighted by Crippen LogP contribution is 2.34. The van der Waals surface area contributed by atoms with Gasteiger partial charge < -0.3 is 10.1 Å². The van der Waals surface area contributed by atoms with Gasteiger partial charge in [0.2, 0.25) is 0 Å². The zero-order valence-corrected chi connectivity index (χ0v) is 17.9. The van der Waals surface area contributed by atoms with E-state index in [0.717, 1.165) is 12.1 Å². The Labute approximate surface area is 192 Å². The van der Waals surface area contributed by atoms with E-state index in [1.54, 1.807) is 54.9 Å². The molecule has 0 bridgehead atoms. The first-order chi connectivity index (χ1) is 16.5. The summed E-state index contributed by atoms with van der Waals surface area (Å²) in [6.07, 6.45) is 3.27. The lowest BCUT2D eigenvalue weighted by atomic mass is 10.0. The van der Waals surface area contributed by atoms with Crippen molar-refractivity contribution in [3.63, 3.8) is 0 Å².